The summed E-state index contributed by atoms with van der Waals surface area (Å²) in [6.45, 7) is 0. The lowest BCUT2D eigenvalue weighted by Crippen LogP contribution is -2.40. The molecule has 1 aliphatic rings. The number of aliphatic hydroxyl groups excluding tert-OH is 1. The fraction of sp³-hybridized carbons (Fsp3) is 0.625. The first kappa shape index (κ1) is 9.06. The number of hydrogen-bond donors (Lipinski definition) is 1. The maximum absolute atomic E-state index is 11.0. The molecule has 1 aliphatic carbocycles. The average molecular weight is 170 g/mol. The van der Waals surface area contributed by atoms with Gasteiger partial charge in [0, 0.05) is 6.42 Å². The molecule has 0 aliphatic heterocycles. The van der Waals surface area contributed by atoms with Gasteiger partial charge in [-0.15, -0.1) is 0 Å². The second-order valence-corrected chi connectivity index (χ2v) is 2.95. The van der Waals surface area contributed by atoms with Gasteiger partial charge in [0.05, 0.1) is 17.9 Å². The molecular weight excluding hydrogens is 160 g/mol. The standard InChI is InChI=1S/C8H10O4/c9-3-5-6(4-10)8(12)2-1-7(5)11/h3-7,11H,1-2H2. The zero-order valence-corrected chi connectivity index (χ0v) is 6.47. The van der Waals surface area contributed by atoms with Crippen LogP contribution < -0.4 is 0 Å². The minimum absolute atomic E-state index is 0.189. The Morgan fingerprint density at radius 3 is 2.42 bits per heavy atom. The molecule has 0 radical (unpaired) electrons. The van der Waals surface area contributed by atoms with Gasteiger partial charge in [0.25, 0.3) is 0 Å². The number of Topliss-reactive ketones (excluding diaryl/α,β-unsaturated/α-hetero) is 1. The van der Waals surface area contributed by atoms with Crippen LogP contribution >= 0.6 is 0 Å². The summed E-state index contributed by atoms with van der Waals surface area (Å²) in [5.74, 6) is -2.00. The molecular formula is C8H10O4. The van der Waals surface area contributed by atoms with Crippen molar-refractivity contribution in [3.63, 3.8) is 0 Å². The lowest BCUT2D eigenvalue weighted by Gasteiger charge is -2.26. The highest BCUT2D eigenvalue weighted by Gasteiger charge is 2.37. The molecule has 4 heteroatoms. The monoisotopic (exact) mass is 170 g/mol. The zero-order chi connectivity index (χ0) is 9.14. The van der Waals surface area contributed by atoms with Crippen molar-refractivity contribution in [3.05, 3.63) is 0 Å². The molecule has 4 nitrogen and oxygen atoms in total. The third-order valence-corrected chi connectivity index (χ3v) is 2.22. The summed E-state index contributed by atoms with van der Waals surface area (Å²) in [6.07, 6.45) is 0.571. The van der Waals surface area contributed by atoms with Gasteiger partial charge in [-0.25, -0.2) is 0 Å². The first-order chi connectivity index (χ1) is 5.70. The molecule has 66 valence electrons. The van der Waals surface area contributed by atoms with Crippen molar-refractivity contribution in [3.8, 4) is 0 Å². The van der Waals surface area contributed by atoms with E-state index in [0.717, 1.165) is 0 Å². The second-order valence-electron chi connectivity index (χ2n) is 2.95. The van der Waals surface area contributed by atoms with E-state index in [9.17, 15) is 19.5 Å². The summed E-state index contributed by atoms with van der Waals surface area (Å²) in [5.41, 5.74) is 0. The normalized spacial score (nSPS) is 36.1. The molecule has 0 aromatic heterocycles. The van der Waals surface area contributed by atoms with Gasteiger partial charge in [0.2, 0.25) is 0 Å². The fourth-order valence-corrected chi connectivity index (χ4v) is 1.45. The van der Waals surface area contributed by atoms with Gasteiger partial charge in [-0.1, -0.05) is 0 Å². The highest BCUT2D eigenvalue weighted by molar-refractivity contribution is 5.96. The van der Waals surface area contributed by atoms with Crippen molar-refractivity contribution in [1.29, 1.82) is 0 Å². The second kappa shape index (κ2) is 3.58. The average Bonchev–Trinajstić information content (AvgIpc) is 2.08. The molecule has 1 N–H and O–H groups in total. The summed E-state index contributed by atoms with van der Waals surface area (Å²) in [5, 5.41) is 9.25. The van der Waals surface area contributed by atoms with Gasteiger partial charge in [-0.3, -0.25) is 4.79 Å². The molecule has 1 rings (SSSR count). The van der Waals surface area contributed by atoms with Crippen LogP contribution in [0.25, 0.3) is 0 Å². The Hall–Kier alpha value is -1.03. The molecule has 3 unspecified atom stereocenters. The Morgan fingerprint density at radius 2 is 2.00 bits per heavy atom. The molecule has 3 atom stereocenters. The molecule has 1 fully saturated rings. The fourth-order valence-electron chi connectivity index (χ4n) is 1.45. The SMILES string of the molecule is O=CC1C(=O)CCC(O)C1C=O. The summed E-state index contributed by atoms with van der Waals surface area (Å²) < 4.78 is 0. The topological polar surface area (TPSA) is 71.4 Å². The lowest BCUT2D eigenvalue weighted by atomic mass is 9.78. The van der Waals surface area contributed by atoms with E-state index < -0.39 is 17.9 Å². The highest BCUT2D eigenvalue weighted by atomic mass is 16.3. The first-order valence-corrected chi connectivity index (χ1v) is 3.82. The van der Waals surface area contributed by atoms with Crippen LogP contribution in [-0.2, 0) is 14.4 Å². The molecule has 0 saturated heterocycles. The Balaban J connectivity index is 2.81. The molecule has 0 spiro atoms. The number of ketones is 1. The van der Waals surface area contributed by atoms with Gasteiger partial charge >= 0.3 is 0 Å². The molecule has 12 heavy (non-hydrogen) atoms. The minimum Gasteiger partial charge on any atom is -0.392 e. The van der Waals surface area contributed by atoms with E-state index in [-0.39, 0.29) is 18.6 Å². The van der Waals surface area contributed by atoms with Crippen molar-refractivity contribution in [2.24, 2.45) is 11.8 Å². The van der Waals surface area contributed by atoms with Crippen LogP contribution in [0.2, 0.25) is 0 Å². The largest absolute Gasteiger partial charge is 0.392 e. The summed E-state index contributed by atoms with van der Waals surface area (Å²) in [4.78, 5) is 31.8. The number of rotatable bonds is 2. The first-order valence-electron chi connectivity index (χ1n) is 3.82. The van der Waals surface area contributed by atoms with Crippen LogP contribution in [0.5, 0.6) is 0 Å². The Bertz CT molecular complexity index is 211. The third kappa shape index (κ3) is 1.43. The van der Waals surface area contributed by atoms with Crippen molar-refractivity contribution >= 4 is 18.4 Å². The van der Waals surface area contributed by atoms with E-state index in [4.69, 9.17) is 0 Å². The van der Waals surface area contributed by atoms with Crippen LogP contribution in [-0.4, -0.2) is 29.6 Å². The molecule has 0 heterocycles. The maximum atomic E-state index is 11.0. The summed E-state index contributed by atoms with van der Waals surface area (Å²) in [6, 6.07) is 0. The Labute approximate surface area is 69.6 Å². The van der Waals surface area contributed by atoms with E-state index in [2.05, 4.69) is 0 Å². The molecule has 0 aromatic rings. The van der Waals surface area contributed by atoms with Crippen molar-refractivity contribution in [2.75, 3.05) is 0 Å². The molecule has 0 amide bonds. The van der Waals surface area contributed by atoms with Crippen molar-refractivity contribution in [2.45, 2.75) is 18.9 Å². The number of carbonyl (C=O) groups excluding carboxylic acids is 3. The highest BCUT2D eigenvalue weighted by Crippen LogP contribution is 2.24. The maximum Gasteiger partial charge on any atom is 0.143 e. The van der Waals surface area contributed by atoms with Crippen molar-refractivity contribution < 1.29 is 19.5 Å². The van der Waals surface area contributed by atoms with Crippen LogP contribution in [0.3, 0.4) is 0 Å². The van der Waals surface area contributed by atoms with E-state index in [0.29, 0.717) is 12.6 Å². The van der Waals surface area contributed by atoms with Crippen molar-refractivity contribution in [1.82, 2.24) is 0 Å². The van der Waals surface area contributed by atoms with Crippen LogP contribution in [0.4, 0.5) is 0 Å². The molecule has 0 bridgehead atoms. The quantitative estimate of drug-likeness (QED) is 0.441. The Morgan fingerprint density at radius 1 is 1.33 bits per heavy atom. The third-order valence-electron chi connectivity index (χ3n) is 2.22. The number of aldehydes is 2. The minimum atomic E-state index is -0.925. The van der Waals surface area contributed by atoms with Crippen LogP contribution in [0.1, 0.15) is 12.8 Å². The van der Waals surface area contributed by atoms with Crippen LogP contribution in [0.15, 0.2) is 0 Å². The molecule has 1 saturated carbocycles. The predicted molar refractivity (Wildman–Crippen MR) is 39.4 cm³/mol. The number of hydrogen-bond acceptors (Lipinski definition) is 4. The lowest BCUT2D eigenvalue weighted by molar-refractivity contribution is -0.140. The number of carbonyl (C=O) groups is 3. The predicted octanol–water partition coefficient (Wildman–Crippen LogP) is -0.660. The van der Waals surface area contributed by atoms with E-state index >= 15 is 0 Å². The summed E-state index contributed by atoms with van der Waals surface area (Å²) in [7, 11) is 0. The smallest absolute Gasteiger partial charge is 0.143 e. The van der Waals surface area contributed by atoms with Gasteiger partial charge < -0.3 is 14.7 Å². The Kier molecular flexibility index (Phi) is 2.70. The van der Waals surface area contributed by atoms with E-state index in [1.807, 2.05) is 0 Å². The van der Waals surface area contributed by atoms with Gasteiger partial charge in [-0.2, -0.15) is 0 Å². The number of aliphatic hydroxyl groups is 1. The van der Waals surface area contributed by atoms with E-state index in [1.54, 1.807) is 0 Å². The summed E-state index contributed by atoms with van der Waals surface area (Å²) >= 11 is 0. The van der Waals surface area contributed by atoms with Gasteiger partial charge in [-0.05, 0) is 6.42 Å². The van der Waals surface area contributed by atoms with Gasteiger partial charge in [0.15, 0.2) is 0 Å². The zero-order valence-electron chi connectivity index (χ0n) is 6.47. The molecule has 0 aromatic carbocycles. The van der Waals surface area contributed by atoms with E-state index in [1.165, 1.54) is 0 Å². The van der Waals surface area contributed by atoms with Gasteiger partial charge in [0.1, 0.15) is 18.4 Å². The van der Waals surface area contributed by atoms with Crippen LogP contribution in [0, 0.1) is 11.8 Å².